The first-order chi connectivity index (χ1) is 12.2. The van der Waals surface area contributed by atoms with Crippen LogP contribution >= 0.6 is 0 Å². The molecule has 1 aliphatic rings. The summed E-state index contributed by atoms with van der Waals surface area (Å²) in [6.07, 6.45) is 8.46. The number of benzene rings is 1. The van der Waals surface area contributed by atoms with Crippen LogP contribution in [0.25, 0.3) is 6.08 Å². The highest BCUT2D eigenvalue weighted by Crippen LogP contribution is 2.18. The predicted octanol–water partition coefficient (Wildman–Crippen LogP) is 2.30. The molecule has 1 saturated heterocycles. The van der Waals surface area contributed by atoms with Gasteiger partial charge in [0, 0.05) is 13.1 Å². The Morgan fingerprint density at radius 1 is 1.40 bits per heavy atom. The molecule has 2 rings (SSSR count). The molecule has 2 atom stereocenters. The van der Waals surface area contributed by atoms with Gasteiger partial charge in [-0.2, -0.15) is 5.26 Å². The van der Waals surface area contributed by atoms with Crippen LogP contribution < -0.4 is 11.1 Å². The van der Waals surface area contributed by atoms with Gasteiger partial charge in [0.25, 0.3) is 0 Å². The van der Waals surface area contributed by atoms with Gasteiger partial charge in [-0.25, -0.2) is 0 Å². The number of rotatable bonds is 9. The minimum atomic E-state index is -0.480. The van der Waals surface area contributed by atoms with Crippen molar-refractivity contribution in [3.8, 4) is 6.07 Å². The fraction of sp³-hybridized carbons (Fsp3) is 0.500. The number of likely N-dealkylation sites (tertiary alicyclic amines) is 1. The van der Waals surface area contributed by atoms with E-state index in [1.807, 2.05) is 18.2 Å². The molecule has 1 aliphatic heterocycles. The molecule has 1 aromatic carbocycles. The Labute approximate surface area is 150 Å². The number of nitrogens with zero attached hydrogens (tertiary/aromatic N) is 2. The SMILES string of the molecule is N#C[C@@H]1CCCN1C(=O)[C@@H](N)CCCCNC/C=C/c1ccccc1. The van der Waals surface area contributed by atoms with Crippen LogP contribution in [0, 0.1) is 11.3 Å². The average Bonchev–Trinajstić information content (AvgIpc) is 3.12. The lowest BCUT2D eigenvalue weighted by Gasteiger charge is -2.23. The van der Waals surface area contributed by atoms with E-state index in [2.05, 4.69) is 35.7 Å². The second kappa shape index (κ2) is 10.7. The van der Waals surface area contributed by atoms with E-state index in [0.29, 0.717) is 13.0 Å². The zero-order valence-electron chi connectivity index (χ0n) is 14.7. The number of amides is 1. The van der Waals surface area contributed by atoms with Crippen LogP contribution in [0.15, 0.2) is 36.4 Å². The molecule has 1 amide bonds. The van der Waals surface area contributed by atoms with Crippen LogP contribution in [0.1, 0.15) is 37.7 Å². The lowest BCUT2D eigenvalue weighted by molar-refractivity contribution is -0.132. The van der Waals surface area contributed by atoms with Gasteiger partial charge >= 0.3 is 0 Å². The number of hydrogen-bond donors (Lipinski definition) is 2. The first-order valence-corrected chi connectivity index (χ1v) is 9.10. The zero-order valence-corrected chi connectivity index (χ0v) is 14.7. The third kappa shape index (κ3) is 6.33. The Kier molecular flexibility index (Phi) is 8.17. The largest absolute Gasteiger partial charge is 0.325 e. The average molecular weight is 340 g/mol. The fourth-order valence-electron chi connectivity index (χ4n) is 3.06. The second-order valence-electron chi connectivity index (χ2n) is 6.44. The Balaban J connectivity index is 1.54. The summed E-state index contributed by atoms with van der Waals surface area (Å²) in [5, 5.41) is 12.4. The van der Waals surface area contributed by atoms with E-state index in [1.54, 1.807) is 4.90 Å². The van der Waals surface area contributed by atoms with E-state index in [0.717, 1.165) is 38.8 Å². The van der Waals surface area contributed by atoms with Crippen molar-refractivity contribution in [3.63, 3.8) is 0 Å². The van der Waals surface area contributed by atoms with Crippen molar-refractivity contribution in [1.82, 2.24) is 10.2 Å². The first-order valence-electron chi connectivity index (χ1n) is 9.10. The van der Waals surface area contributed by atoms with Crippen LogP contribution in [-0.2, 0) is 4.79 Å². The van der Waals surface area contributed by atoms with Gasteiger partial charge < -0.3 is 16.0 Å². The number of carbonyl (C=O) groups excluding carboxylic acids is 1. The van der Waals surface area contributed by atoms with E-state index in [4.69, 9.17) is 11.0 Å². The van der Waals surface area contributed by atoms with Gasteiger partial charge in [0.15, 0.2) is 0 Å². The Morgan fingerprint density at radius 3 is 2.96 bits per heavy atom. The molecule has 0 unspecified atom stereocenters. The van der Waals surface area contributed by atoms with Crippen LogP contribution in [0.2, 0.25) is 0 Å². The maximum atomic E-state index is 12.3. The monoisotopic (exact) mass is 340 g/mol. The molecule has 0 aliphatic carbocycles. The molecule has 1 heterocycles. The molecule has 25 heavy (non-hydrogen) atoms. The molecule has 134 valence electrons. The van der Waals surface area contributed by atoms with Crippen molar-refractivity contribution in [3.05, 3.63) is 42.0 Å². The highest BCUT2D eigenvalue weighted by Gasteiger charge is 2.31. The highest BCUT2D eigenvalue weighted by atomic mass is 16.2. The van der Waals surface area contributed by atoms with Crippen LogP contribution in [0.4, 0.5) is 0 Å². The third-order valence-electron chi connectivity index (χ3n) is 4.49. The molecule has 0 saturated carbocycles. The molecule has 1 fully saturated rings. The Morgan fingerprint density at radius 2 is 2.20 bits per heavy atom. The van der Waals surface area contributed by atoms with Gasteiger partial charge in [-0.3, -0.25) is 4.79 Å². The first kappa shape index (κ1) is 19.2. The number of hydrogen-bond acceptors (Lipinski definition) is 4. The lowest BCUT2D eigenvalue weighted by atomic mass is 10.1. The maximum absolute atomic E-state index is 12.3. The molecule has 0 aromatic heterocycles. The summed E-state index contributed by atoms with van der Waals surface area (Å²) in [4.78, 5) is 13.9. The number of nitrogens with two attached hydrogens (primary N) is 1. The highest BCUT2D eigenvalue weighted by molar-refractivity contribution is 5.82. The van der Waals surface area contributed by atoms with E-state index in [-0.39, 0.29) is 11.9 Å². The van der Waals surface area contributed by atoms with E-state index in [1.165, 1.54) is 5.56 Å². The molecule has 5 heteroatoms. The summed E-state index contributed by atoms with van der Waals surface area (Å²) in [5.41, 5.74) is 7.21. The minimum absolute atomic E-state index is 0.0668. The van der Waals surface area contributed by atoms with Crippen LogP contribution in [-0.4, -0.2) is 42.5 Å². The number of nitrogens with one attached hydrogen (secondary N) is 1. The lowest BCUT2D eigenvalue weighted by Crippen LogP contribution is -2.45. The van der Waals surface area contributed by atoms with Gasteiger partial charge in [0.05, 0.1) is 12.1 Å². The van der Waals surface area contributed by atoms with Crippen LogP contribution in [0.5, 0.6) is 0 Å². The van der Waals surface area contributed by atoms with E-state index in [9.17, 15) is 4.79 Å². The van der Waals surface area contributed by atoms with Crippen molar-refractivity contribution in [2.75, 3.05) is 19.6 Å². The third-order valence-corrected chi connectivity index (χ3v) is 4.49. The summed E-state index contributed by atoms with van der Waals surface area (Å²) in [6, 6.07) is 11.6. The molecule has 0 radical (unpaired) electrons. The van der Waals surface area contributed by atoms with E-state index >= 15 is 0 Å². The van der Waals surface area contributed by atoms with E-state index < -0.39 is 6.04 Å². The molecule has 5 nitrogen and oxygen atoms in total. The van der Waals surface area contributed by atoms with Gasteiger partial charge in [0.2, 0.25) is 5.91 Å². The minimum Gasteiger partial charge on any atom is -0.325 e. The summed E-state index contributed by atoms with van der Waals surface area (Å²) >= 11 is 0. The fourth-order valence-corrected chi connectivity index (χ4v) is 3.06. The number of carbonyl (C=O) groups is 1. The topological polar surface area (TPSA) is 82.2 Å². The van der Waals surface area contributed by atoms with Crippen molar-refractivity contribution < 1.29 is 4.79 Å². The van der Waals surface area contributed by atoms with Crippen molar-refractivity contribution in [2.24, 2.45) is 5.73 Å². The molecular formula is C20H28N4O. The summed E-state index contributed by atoms with van der Waals surface area (Å²) in [6.45, 7) is 2.40. The molecule has 1 aromatic rings. The molecule has 0 spiro atoms. The Bertz CT molecular complexity index is 593. The maximum Gasteiger partial charge on any atom is 0.240 e. The number of unbranched alkanes of at least 4 members (excludes halogenated alkanes) is 1. The predicted molar refractivity (Wildman–Crippen MR) is 101 cm³/mol. The van der Waals surface area contributed by atoms with Gasteiger partial charge in [-0.05, 0) is 37.8 Å². The standard InChI is InChI=1S/C20H28N4O/c21-16-18-11-7-15-24(18)20(25)19(22)12-4-5-13-23-14-6-10-17-8-2-1-3-9-17/h1-3,6,8-10,18-19,23H,4-5,7,11-15,22H2/b10-6+/t18-,19-/m0/s1. The zero-order chi connectivity index (χ0) is 17.9. The van der Waals surface area contributed by atoms with Gasteiger partial charge in [0.1, 0.15) is 6.04 Å². The number of nitriles is 1. The van der Waals surface area contributed by atoms with Crippen LogP contribution in [0.3, 0.4) is 0 Å². The normalized spacial score (nSPS) is 18.4. The summed E-state index contributed by atoms with van der Waals surface area (Å²) in [7, 11) is 0. The summed E-state index contributed by atoms with van der Waals surface area (Å²) in [5.74, 6) is -0.0668. The smallest absolute Gasteiger partial charge is 0.240 e. The van der Waals surface area contributed by atoms with Gasteiger partial charge in [-0.1, -0.05) is 48.9 Å². The summed E-state index contributed by atoms with van der Waals surface area (Å²) < 4.78 is 0. The molecular weight excluding hydrogens is 312 g/mol. The van der Waals surface area contributed by atoms with Crippen molar-refractivity contribution in [2.45, 2.75) is 44.2 Å². The van der Waals surface area contributed by atoms with Crippen molar-refractivity contribution in [1.29, 1.82) is 5.26 Å². The molecule has 3 N–H and O–H groups in total. The second-order valence-corrected chi connectivity index (χ2v) is 6.44. The quantitative estimate of drug-likeness (QED) is 0.676. The van der Waals surface area contributed by atoms with Gasteiger partial charge in [-0.15, -0.1) is 0 Å². The molecule has 0 bridgehead atoms. The Hall–Kier alpha value is -2.16. The van der Waals surface area contributed by atoms with Crippen molar-refractivity contribution >= 4 is 12.0 Å².